The monoisotopic (exact) mass is 257 g/mol. The predicted octanol–water partition coefficient (Wildman–Crippen LogP) is 4.09. The van der Waals surface area contributed by atoms with E-state index in [1.54, 1.807) is 6.07 Å². The third-order valence-corrected chi connectivity index (χ3v) is 4.27. The Labute approximate surface area is 112 Å². The molecule has 2 unspecified atom stereocenters. The Morgan fingerprint density at radius 2 is 2.16 bits per heavy atom. The average molecular weight is 257 g/mol. The lowest BCUT2D eigenvalue weighted by Crippen LogP contribution is -2.17. The lowest BCUT2D eigenvalue weighted by molar-refractivity contribution is 0.0698. The van der Waals surface area contributed by atoms with E-state index in [2.05, 4.69) is 17.7 Å². The molecule has 100 valence electrons. The summed E-state index contributed by atoms with van der Waals surface area (Å²) in [7, 11) is 0. The second-order valence-corrected chi connectivity index (χ2v) is 5.70. The van der Waals surface area contributed by atoms with Gasteiger partial charge in [-0.1, -0.05) is 31.9 Å². The van der Waals surface area contributed by atoms with Crippen LogP contribution in [0.2, 0.25) is 0 Å². The lowest BCUT2D eigenvalue weighted by Gasteiger charge is -2.29. The van der Waals surface area contributed by atoms with Gasteiger partial charge in [0.05, 0.1) is 11.1 Å². The minimum atomic E-state index is -0.839. The number of rotatable bonds is 2. The second-order valence-electron chi connectivity index (χ2n) is 5.70. The maximum Gasteiger partial charge on any atom is 0.337 e. The van der Waals surface area contributed by atoms with Gasteiger partial charge in [0.2, 0.25) is 0 Å². The number of hydrogen-bond acceptors (Lipinski definition) is 1. The van der Waals surface area contributed by atoms with Crippen LogP contribution in [-0.4, -0.2) is 15.6 Å². The van der Waals surface area contributed by atoms with Crippen molar-refractivity contribution in [3.8, 4) is 0 Å². The molecule has 2 aromatic rings. The van der Waals surface area contributed by atoms with Crippen molar-refractivity contribution in [2.75, 3.05) is 0 Å². The number of hydrogen-bond donors (Lipinski definition) is 1. The number of carboxylic acid groups (broad SMARTS) is 1. The van der Waals surface area contributed by atoms with Crippen molar-refractivity contribution in [2.24, 2.45) is 5.92 Å². The summed E-state index contributed by atoms with van der Waals surface area (Å²) in [5.41, 5.74) is 1.30. The molecule has 1 aliphatic rings. The predicted molar refractivity (Wildman–Crippen MR) is 75.6 cm³/mol. The molecule has 1 aromatic carbocycles. The van der Waals surface area contributed by atoms with E-state index in [0.717, 1.165) is 29.7 Å². The zero-order chi connectivity index (χ0) is 13.4. The fraction of sp³-hybridized carbons (Fsp3) is 0.438. The van der Waals surface area contributed by atoms with E-state index in [0.29, 0.717) is 11.6 Å². The Bertz CT molecular complexity index is 614. The number of carboxylic acids is 1. The van der Waals surface area contributed by atoms with Crippen molar-refractivity contribution in [2.45, 2.75) is 38.6 Å². The topological polar surface area (TPSA) is 42.2 Å². The van der Waals surface area contributed by atoms with E-state index in [1.165, 1.54) is 12.8 Å². The zero-order valence-corrected chi connectivity index (χ0v) is 11.2. The maximum atomic E-state index is 11.4. The summed E-state index contributed by atoms with van der Waals surface area (Å²) in [6, 6.07) is 7.99. The van der Waals surface area contributed by atoms with Crippen LogP contribution in [0.3, 0.4) is 0 Å². The molecule has 1 fully saturated rings. The smallest absolute Gasteiger partial charge is 0.337 e. The quantitative estimate of drug-likeness (QED) is 0.880. The fourth-order valence-corrected chi connectivity index (χ4v) is 3.35. The van der Waals surface area contributed by atoms with Gasteiger partial charge < -0.3 is 9.67 Å². The summed E-state index contributed by atoms with van der Waals surface area (Å²) in [5, 5.41) is 10.4. The van der Waals surface area contributed by atoms with Gasteiger partial charge in [-0.15, -0.1) is 0 Å². The first-order valence-corrected chi connectivity index (χ1v) is 6.99. The summed E-state index contributed by atoms with van der Waals surface area (Å²) < 4.78 is 2.19. The van der Waals surface area contributed by atoms with Gasteiger partial charge in [-0.05, 0) is 30.9 Å². The summed E-state index contributed by atoms with van der Waals surface area (Å²) in [6.07, 6.45) is 6.89. The van der Waals surface area contributed by atoms with E-state index < -0.39 is 5.97 Å². The normalized spacial score (nSPS) is 23.6. The van der Waals surface area contributed by atoms with Gasteiger partial charge in [-0.2, -0.15) is 0 Å². The molecule has 0 aliphatic heterocycles. The molecular weight excluding hydrogens is 238 g/mol. The largest absolute Gasteiger partial charge is 0.478 e. The molecule has 0 bridgehead atoms. The minimum absolute atomic E-state index is 0.417. The number of fused-ring (bicyclic) bond motifs is 1. The number of nitrogens with zero attached hydrogens (tertiary/aromatic N) is 1. The molecule has 0 amide bonds. The van der Waals surface area contributed by atoms with Crippen LogP contribution in [0.25, 0.3) is 10.9 Å². The Morgan fingerprint density at radius 3 is 2.89 bits per heavy atom. The molecule has 1 N–H and O–H groups in total. The Kier molecular flexibility index (Phi) is 3.05. The van der Waals surface area contributed by atoms with E-state index in [1.807, 2.05) is 18.2 Å². The molecule has 3 rings (SSSR count). The van der Waals surface area contributed by atoms with E-state index in [9.17, 15) is 9.90 Å². The fourth-order valence-electron chi connectivity index (χ4n) is 3.35. The average Bonchev–Trinajstić information content (AvgIpc) is 2.82. The molecule has 0 saturated heterocycles. The molecule has 1 saturated carbocycles. The van der Waals surface area contributed by atoms with Crippen LogP contribution in [0.5, 0.6) is 0 Å². The van der Waals surface area contributed by atoms with Gasteiger partial charge in [-0.3, -0.25) is 0 Å². The van der Waals surface area contributed by atoms with Crippen molar-refractivity contribution in [3.63, 3.8) is 0 Å². The van der Waals surface area contributed by atoms with Crippen LogP contribution in [0, 0.1) is 5.92 Å². The Morgan fingerprint density at radius 1 is 1.32 bits per heavy atom. The molecule has 19 heavy (non-hydrogen) atoms. The Balaban J connectivity index is 2.11. The number of para-hydroxylation sites is 1. The van der Waals surface area contributed by atoms with Crippen LogP contribution in [0.15, 0.2) is 30.5 Å². The highest BCUT2D eigenvalue weighted by Gasteiger charge is 2.23. The highest BCUT2D eigenvalue weighted by molar-refractivity contribution is 6.02. The van der Waals surface area contributed by atoms with Gasteiger partial charge in [0, 0.05) is 17.6 Å². The van der Waals surface area contributed by atoms with Gasteiger partial charge in [0.25, 0.3) is 0 Å². The standard InChI is InChI=1S/C16H19NO2/c1-11-4-2-6-13(10-11)17-9-8-12-5-3-7-14(15(12)17)16(18)19/h3,5,7-9,11,13H,2,4,6,10H2,1H3,(H,18,19). The Hall–Kier alpha value is -1.77. The summed E-state index contributed by atoms with van der Waals surface area (Å²) in [5.74, 6) is -0.109. The molecule has 3 heteroatoms. The number of aromatic carboxylic acids is 1. The van der Waals surface area contributed by atoms with Crippen molar-refractivity contribution in [1.29, 1.82) is 0 Å². The van der Waals surface area contributed by atoms with Crippen LogP contribution >= 0.6 is 0 Å². The SMILES string of the molecule is CC1CCCC(n2ccc3cccc(C(=O)O)c32)C1. The number of carbonyl (C=O) groups is 1. The van der Waals surface area contributed by atoms with Crippen molar-refractivity contribution in [1.82, 2.24) is 4.57 Å². The first kappa shape index (κ1) is 12.3. The molecule has 0 spiro atoms. The molecular formula is C16H19NO2. The van der Waals surface area contributed by atoms with Crippen molar-refractivity contribution in [3.05, 3.63) is 36.0 Å². The summed E-state index contributed by atoms with van der Waals surface area (Å²) in [6.45, 7) is 2.29. The van der Waals surface area contributed by atoms with Gasteiger partial charge in [0.1, 0.15) is 0 Å². The van der Waals surface area contributed by atoms with Gasteiger partial charge in [0.15, 0.2) is 0 Å². The van der Waals surface area contributed by atoms with Crippen LogP contribution < -0.4 is 0 Å². The van der Waals surface area contributed by atoms with E-state index in [4.69, 9.17) is 0 Å². The van der Waals surface area contributed by atoms with Crippen LogP contribution in [0.4, 0.5) is 0 Å². The first-order valence-electron chi connectivity index (χ1n) is 6.99. The number of benzene rings is 1. The molecule has 0 radical (unpaired) electrons. The van der Waals surface area contributed by atoms with Crippen LogP contribution in [-0.2, 0) is 0 Å². The maximum absolute atomic E-state index is 11.4. The van der Waals surface area contributed by atoms with Crippen LogP contribution in [0.1, 0.15) is 49.0 Å². The van der Waals surface area contributed by atoms with Gasteiger partial charge >= 0.3 is 5.97 Å². The molecule has 1 aliphatic carbocycles. The minimum Gasteiger partial charge on any atom is -0.478 e. The molecule has 3 nitrogen and oxygen atoms in total. The molecule has 1 aromatic heterocycles. The second kappa shape index (κ2) is 4.72. The number of aromatic nitrogens is 1. The molecule has 1 heterocycles. The summed E-state index contributed by atoms with van der Waals surface area (Å²) >= 11 is 0. The lowest BCUT2D eigenvalue weighted by atomic mass is 9.87. The highest BCUT2D eigenvalue weighted by Crippen LogP contribution is 2.35. The summed E-state index contributed by atoms with van der Waals surface area (Å²) in [4.78, 5) is 11.4. The van der Waals surface area contributed by atoms with Gasteiger partial charge in [-0.25, -0.2) is 4.79 Å². The third-order valence-electron chi connectivity index (χ3n) is 4.27. The zero-order valence-electron chi connectivity index (χ0n) is 11.2. The van der Waals surface area contributed by atoms with Crippen molar-refractivity contribution < 1.29 is 9.90 Å². The van der Waals surface area contributed by atoms with Crippen molar-refractivity contribution >= 4 is 16.9 Å². The highest BCUT2D eigenvalue weighted by atomic mass is 16.4. The third kappa shape index (κ3) is 2.14. The van der Waals surface area contributed by atoms with E-state index >= 15 is 0 Å². The molecule has 2 atom stereocenters. The van der Waals surface area contributed by atoms with E-state index in [-0.39, 0.29) is 0 Å². The first-order chi connectivity index (χ1) is 9.16.